The second kappa shape index (κ2) is 4.51. The van der Waals surface area contributed by atoms with Gasteiger partial charge < -0.3 is 5.21 Å². The van der Waals surface area contributed by atoms with Gasteiger partial charge in [-0.3, -0.25) is 0 Å². The van der Waals surface area contributed by atoms with Crippen LogP contribution in [0.5, 0.6) is 0 Å². The van der Waals surface area contributed by atoms with Crippen molar-refractivity contribution in [2.45, 2.75) is 12.7 Å². The van der Waals surface area contributed by atoms with E-state index in [1.807, 2.05) is 0 Å². The Labute approximate surface area is 93.4 Å². The van der Waals surface area contributed by atoms with E-state index >= 15 is 0 Å². The summed E-state index contributed by atoms with van der Waals surface area (Å²) in [6.45, 7) is 0.0322. The zero-order chi connectivity index (χ0) is 11.6. The third kappa shape index (κ3) is 3.48. The van der Waals surface area contributed by atoms with Crippen molar-refractivity contribution in [3.8, 4) is 0 Å². The molecule has 84 valence electrons. The summed E-state index contributed by atoms with van der Waals surface area (Å²) in [5, 5.41) is 9.77. The van der Waals surface area contributed by atoms with Crippen molar-refractivity contribution < 1.29 is 18.4 Å². The second-order valence-electron chi connectivity index (χ2n) is 3.12. The van der Waals surface area contributed by atoms with Crippen molar-refractivity contribution in [1.82, 2.24) is 5.06 Å². The van der Waals surface area contributed by atoms with E-state index in [-0.39, 0.29) is 6.54 Å². The van der Waals surface area contributed by atoms with Crippen LogP contribution in [0.25, 0.3) is 0 Å². The highest BCUT2D eigenvalue weighted by atomic mass is 79.9. The molecule has 0 unspecified atom stereocenters. The van der Waals surface area contributed by atoms with Gasteiger partial charge in [-0.05, 0) is 23.8 Å². The molecule has 0 aliphatic carbocycles. The average Bonchev–Trinajstić information content (AvgIpc) is 2.06. The molecule has 1 N–H and O–H groups in total. The number of rotatable bonds is 2. The van der Waals surface area contributed by atoms with Crippen LogP contribution in [0.2, 0.25) is 0 Å². The summed E-state index contributed by atoms with van der Waals surface area (Å²) < 4.78 is 37.6. The molecule has 0 atom stereocenters. The normalized spacial score (nSPS) is 12.2. The van der Waals surface area contributed by atoms with E-state index in [4.69, 9.17) is 5.21 Å². The fourth-order valence-electron chi connectivity index (χ4n) is 1.12. The van der Waals surface area contributed by atoms with Crippen molar-refractivity contribution in [3.05, 3.63) is 33.8 Å². The highest BCUT2D eigenvalue weighted by Gasteiger charge is 2.30. The number of alkyl halides is 3. The molecular weight excluding hydrogens is 275 g/mol. The molecule has 0 aliphatic heterocycles. The van der Waals surface area contributed by atoms with Crippen LogP contribution in [-0.2, 0) is 12.7 Å². The molecule has 1 aromatic carbocycles. The first-order valence-electron chi connectivity index (χ1n) is 4.06. The number of nitrogens with zero attached hydrogens (tertiary/aromatic N) is 1. The minimum Gasteiger partial charge on any atom is -0.314 e. The van der Waals surface area contributed by atoms with Gasteiger partial charge in [0.15, 0.2) is 0 Å². The zero-order valence-corrected chi connectivity index (χ0v) is 9.43. The number of benzene rings is 1. The van der Waals surface area contributed by atoms with Gasteiger partial charge in [-0.15, -0.1) is 0 Å². The summed E-state index contributed by atoms with van der Waals surface area (Å²) in [5.41, 5.74) is -0.336. The molecule has 0 bridgehead atoms. The Morgan fingerprint density at radius 1 is 1.40 bits per heavy atom. The standard InChI is InChI=1S/C9H9BrF3NO/c1-14(15)5-6-4-7(9(11,12)13)2-3-8(6)10/h2-4,15H,5H2,1H3. The third-order valence-corrected chi connectivity index (χ3v) is 2.55. The van der Waals surface area contributed by atoms with Gasteiger partial charge in [-0.2, -0.15) is 18.2 Å². The Kier molecular flexibility index (Phi) is 3.75. The Morgan fingerprint density at radius 3 is 2.47 bits per heavy atom. The fraction of sp³-hybridized carbons (Fsp3) is 0.333. The lowest BCUT2D eigenvalue weighted by molar-refractivity contribution is -0.137. The van der Waals surface area contributed by atoms with Crippen LogP contribution in [0.15, 0.2) is 22.7 Å². The first kappa shape index (κ1) is 12.5. The van der Waals surface area contributed by atoms with Crippen molar-refractivity contribution >= 4 is 15.9 Å². The lowest BCUT2D eigenvalue weighted by atomic mass is 10.1. The van der Waals surface area contributed by atoms with Crippen molar-refractivity contribution in [2.24, 2.45) is 0 Å². The molecule has 0 spiro atoms. The number of hydrogen-bond acceptors (Lipinski definition) is 2. The van der Waals surface area contributed by atoms with E-state index in [1.165, 1.54) is 13.1 Å². The van der Waals surface area contributed by atoms with E-state index in [9.17, 15) is 13.2 Å². The predicted octanol–water partition coefficient (Wildman–Crippen LogP) is 3.29. The molecule has 0 aromatic heterocycles. The highest BCUT2D eigenvalue weighted by molar-refractivity contribution is 9.10. The smallest absolute Gasteiger partial charge is 0.314 e. The Morgan fingerprint density at radius 2 is 2.00 bits per heavy atom. The van der Waals surface area contributed by atoms with Gasteiger partial charge in [0.2, 0.25) is 0 Å². The quantitative estimate of drug-likeness (QED) is 0.842. The number of halogens is 4. The van der Waals surface area contributed by atoms with E-state index in [1.54, 1.807) is 0 Å². The topological polar surface area (TPSA) is 23.5 Å². The molecule has 0 aliphatic rings. The molecule has 2 nitrogen and oxygen atoms in total. The van der Waals surface area contributed by atoms with Gasteiger partial charge in [-0.25, -0.2) is 0 Å². The molecule has 0 heterocycles. The summed E-state index contributed by atoms with van der Waals surface area (Å²) in [6.07, 6.45) is -4.36. The number of hydroxylamine groups is 2. The molecule has 1 rings (SSSR count). The van der Waals surface area contributed by atoms with Crippen LogP contribution in [0.3, 0.4) is 0 Å². The van der Waals surface area contributed by atoms with Crippen LogP contribution in [0, 0.1) is 0 Å². The molecule has 0 radical (unpaired) electrons. The SMILES string of the molecule is CN(O)Cc1cc(C(F)(F)F)ccc1Br. The Hall–Kier alpha value is -0.590. The van der Waals surface area contributed by atoms with Gasteiger partial charge in [0.05, 0.1) is 5.56 Å². The predicted molar refractivity (Wildman–Crippen MR) is 52.4 cm³/mol. The molecule has 0 saturated carbocycles. The van der Waals surface area contributed by atoms with Crippen LogP contribution in [-0.4, -0.2) is 17.3 Å². The maximum atomic E-state index is 12.3. The molecule has 15 heavy (non-hydrogen) atoms. The monoisotopic (exact) mass is 283 g/mol. The summed E-state index contributed by atoms with van der Waals surface area (Å²) in [4.78, 5) is 0. The molecule has 0 fully saturated rings. The lowest BCUT2D eigenvalue weighted by Crippen LogP contribution is -2.13. The largest absolute Gasteiger partial charge is 0.416 e. The number of hydrogen-bond donors (Lipinski definition) is 1. The first-order valence-corrected chi connectivity index (χ1v) is 4.85. The maximum absolute atomic E-state index is 12.3. The zero-order valence-electron chi connectivity index (χ0n) is 7.85. The van der Waals surface area contributed by atoms with Crippen molar-refractivity contribution in [2.75, 3.05) is 7.05 Å². The molecular formula is C9H9BrF3NO. The Bertz CT molecular complexity index is 352. The average molecular weight is 284 g/mol. The van der Waals surface area contributed by atoms with Crippen molar-refractivity contribution in [1.29, 1.82) is 0 Å². The minimum atomic E-state index is -4.36. The molecule has 0 saturated heterocycles. The van der Waals surface area contributed by atoms with E-state index in [0.29, 0.717) is 10.0 Å². The Balaban J connectivity index is 3.06. The van der Waals surface area contributed by atoms with E-state index < -0.39 is 11.7 Å². The van der Waals surface area contributed by atoms with Crippen LogP contribution in [0.1, 0.15) is 11.1 Å². The highest BCUT2D eigenvalue weighted by Crippen LogP contribution is 2.32. The maximum Gasteiger partial charge on any atom is 0.416 e. The molecule has 1 aromatic rings. The summed E-state index contributed by atoms with van der Waals surface area (Å²) >= 11 is 3.12. The van der Waals surface area contributed by atoms with Gasteiger partial charge in [0, 0.05) is 18.1 Å². The summed E-state index contributed by atoms with van der Waals surface area (Å²) in [7, 11) is 1.37. The van der Waals surface area contributed by atoms with E-state index in [0.717, 1.165) is 17.2 Å². The van der Waals surface area contributed by atoms with E-state index in [2.05, 4.69) is 15.9 Å². The van der Waals surface area contributed by atoms with Gasteiger partial charge in [0.1, 0.15) is 0 Å². The minimum absolute atomic E-state index is 0.0322. The van der Waals surface area contributed by atoms with Gasteiger partial charge >= 0.3 is 6.18 Å². The first-order chi connectivity index (χ1) is 6.80. The summed E-state index contributed by atoms with van der Waals surface area (Å²) in [6, 6.07) is 3.32. The van der Waals surface area contributed by atoms with Crippen molar-refractivity contribution in [3.63, 3.8) is 0 Å². The summed E-state index contributed by atoms with van der Waals surface area (Å²) in [5.74, 6) is 0. The molecule has 6 heteroatoms. The van der Waals surface area contributed by atoms with Gasteiger partial charge in [-0.1, -0.05) is 15.9 Å². The molecule has 0 amide bonds. The van der Waals surface area contributed by atoms with Gasteiger partial charge in [0.25, 0.3) is 0 Å². The van der Waals surface area contributed by atoms with Crippen LogP contribution >= 0.6 is 15.9 Å². The lowest BCUT2D eigenvalue weighted by Gasteiger charge is -2.13. The fourth-order valence-corrected chi connectivity index (χ4v) is 1.49. The third-order valence-electron chi connectivity index (χ3n) is 1.77. The van der Waals surface area contributed by atoms with Crippen LogP contribution < -0.4 is 0 Å². The van der Waals surface area contributed by atoms with Crippen LogP contribution in [0.4, 0.5) is 13.2 Å². The second-order valence-corrected chi connectivity index (χ2v) is 3.97.